The Labute approximate surface area is 327 Å². The van der Waals surface area contributed by atoms with E-state index in [0.717, 1.165) is 40.6 Å². The Morgan fingerprint density at radius 2 is 0.960 bits per heavy atom. The molecule has 0 aliphatic rings. The maximum absolute atomic E-state index is 5.95. The first-order chi connectivity index (χ1) is 22.8. The quantitative estimate of drug-likeness (QED) is 0.175. The second-order valence-electron chi connectivity index (χ2n) is 12.6. The van der Waals surface area contributed by atoms with Crippen molar-refractivity contribution >= 4 is 21.5 Å². The van der Waals surface area contributed by atoms with E-state index < -0.39 is 0 Å². The summed E-state index contributed by atoms with van der Waals surface area (Å²) in [5.41, 5.74) is 12.9. The van der Waals surface area contributed by atoms with Gasteiger partial charge in [-0.2, -0.15) is 0 Å². The van der Waals surface area contributed by atoms with Crippen LogP contribution in [0.25, 0.3) is 66.4 Å². The largest absolute Gasteiger partial charge is 4.00 e. The van der Waals surface area contributed by atoms with Crippen molar-refractivity contribution in [1.82, 2.24) is 0 Å². The van der Waals surface area contributed by atoms with Crippen molar-refractivity contribution in [2.45, 2.75) is 48.0 Å². The average Bonchev–Trinajstić information content (AvgIpc) is 3.90. The molecule has 0 saturated carbocycles. The van der Waals surface area contributed by atoms with Crippen LogP contribution in [0.4, 0.5) is 0 Å². The van der Waals surface area contributed by atoms with Crippen molar-refractivity contribution in [2.75, 3.05) is 0 Å². The van der Waals surface area contributed by atoms with Crippen LogP contribution in [0.5, 0.6) is 0 Å². The molecule has 0 unspecified atom stereocenters. The molecule has 0 fully saturated rings. The van der Waals surface area contributed by atoms with Crippen LogP contribution in [0.2, 0.25) is 0 Å². The molecule has 2 nitrogen and oxygen atoms in total. The molecule has 50 heavy (non-hydrogen) atoms. The number of halogens is 2. The molecule has 0 saturated heterocycles. The summed E-state index contributed by atoms with van der Waals surface area (Å²) in [5.74, 6) is 3.87. The molecule has 0 aliphatic heterocycles. The number of furan rings is 2. The molecule has 2 aromatic heterocycles. The van der Waals surface area contributed by atoms with Gasteiger partial charge in [0.05, 0.1) is 23.0 Å². The first-order valence-corrected chi connectivity index (χ1v) is 16.5. The van der Waals surface area contributed by atoms with Gasteiger partial charge >= 0.3 is 26.2 Å². The van der Waals surface area contributed by atoms with Gasteiger partial charge < -0.3 is 33.6 Å². The van der Waals surface area contributed by atoms with E-state index >= 15 is 0 Å². The fourth-order valence-corrected chi connectivity index (χ4v) is 6.76. The molecular formula is C45H40Cl2O2Zr. The van der Waals surface area contributed by atoms with Crippen LogP contribution in [0.3, 0.4) is 0 Å². The Bertz CT molecular complexity index is 2340. The van der Waals surface area contributed by atoms with Gasteiger partial charge in [-0.25, -0.2) is 0 Å². The third-order valence-corrected chi connectivity index (χ3v) is 9.50. The van der Waals surface area contributed by atoms with Gasteiger partial charge in [0.15, 0.2) is 0 Å². The molecule has 0 spiro atoms. The Hall–Kier alpha value is -3.88. The van der Waals surface area contributed by atoms with E-state index in [4.69, 9.17) is 8.83 Å². The Balaban J connectivity index is 0.000000212. The van der Waals surface area contributed by atoms with E-state index in [9.17, 15) is 0 Å². The van der Waals surface area contributed by atoms with Crippen LogP contribution in [-0.2, 0) is 32.6 Å². The number of hydrogen-bond acceptors (Lipinski definition) is 2. The summed E-state index contributed by atoms with van der Waals surface area (Å²) < 4.78 is 11.8. The predicted molar refractivity (Wildman–Crippen MR) is 198 cm³/mol. The Kier molecular flexibility index (Phi) is 12.8. The molecule has 0 amide bonds. The van der Waals surface area contributed by atoms with E-state index in [1.807, 2.05) is 19.1 Å². The van der Waals surface area contributed by atoms with Crippen molar-refractivity contribution in [2.24, 2.45) is 0 Å². The van der Waals surface area contributed by atoms with E-state index in [1.54, 1.807) is 0 Å². The molecule has 8 aromatic rings. The second kappa shape index (κ2) is 16.4. The minimum atomic E-state index is 0. The van der Waals surface area contributed by atoms with Gasteiger partial charge in [-0.15, -0.1) is 57.9 Å². The average molecular weight is 775 g/mol. The second-order valence-corrected chi connectivity index (χ2v) is 12.6. The number of rotatable bonds is 5. The molecule has 8 rings (SSSR count). The maximum atomic E-state index is 5.95. The number of hydrogen-bond donors (Lipinski definition) is 0. The number of benzene rings is 4. The monoisotopic (exact) mass is 772 g/mol. The SMILES string of the molecule is CCc1ccc(-c2cc3c(-c4ccccc4)c(C)c(C)cc3[cH-]2)o1.Cc1ccc(-c2cc3c(-c4ccccc4)c(C)c(C)cc3[cH-]2)o1.[Cl-].[Cl-].[Zr+4]. The number of fused-ring (bicyclic) bond motifs is 2. The normalized spacial score (nSPS) is 10.6. The zero-order chi connectivity index (χ0) is 32.7. The van der Waals surface area contributed by atoms with E-state index in [0.29, 0.717) is 0 Å². The first-order valence-electron chi connectivity index (χ1n) is 16.5. The summed E-state index contributed by atoms with van der Waals surface area (Å²) in [5, 5.41) is 5.15. The fourth-order valence-electron chi connectivity index (χ4n) is 6.76. The third-order valence-electron chi connectivity index (χ3n) is 9.50. The molecule has 0 N–H and O–H groups in total. The zero-order valence-electron chi connectivity index (χ0n) is 29.3. The molecule has 250 valence electrons. The summed E-state index contributed by atoms with van der Waals surface area (Å²) >= 11 is 0. The van der Waals surface area contributed by atoms with Crippen molar-refractivity contribution in [3.63, 3.8) is 0 Å². The zero-order valence-corrected chi connectivity index (χ0v) is 33.3. The molecule has 6 aromatic carbocycles. The van der Waals surface area contributed by atoms with Crippen LogP contribution in [0, 0.1) is 34.6 Å². The summed E-state index contributed by atoms with van der Waals surface area (Å²) in [6, 6.07) is 43.0. The van der Waals surface area contributed by atoms with Gasteiger partial charge in [-0.1, -0.05) is 101 Å². The fraction of sp³-hybridized carbons (Fsp3) is 0.156. The molecule has 2 heterocycles. The molecule has 0 aliphatic carbocycles. The molecule has 0 bridgehead atoms. The topological polar surface area (TPSA) is 26.3 Å². The van der Waals surface area contributed by atoms with Crippen LogP contribution in [0.1, 0.15) is 40.7 Å². The third kappa shape index (κ3) is 7.57. The Morgan fingerprint density at radius 1 is 0.520 bits per heavy atom. The molecule has 0 atom stereocenters. The van der Waals surface area contributed by atoms with Gasteiger partial charge in [0.1, 0.15) is 0 Å². The van der Waals surface area contributed by atoms with Crippen LogP contribution in [-0.4, -0.2) is 0 Å². The van der Waals surface area contributed by atoms with Crippen molar-refractivity contribution in [3.05, 3.63) is 155 Å². The smallest absolute Gasteiger partial charge is 1.00 e. The van der Waals surface area contributed by atoms with Crippen LogP contribution in [0.15, 0.2) is 130 Å². The van der Waals surface area contributed by atoms with Gasteiger partial charge in [-0.3, -0.25) is 0 Å². The van der Waals surface area contributed by atoms with Crippen LogP contribution < -0.4 is 24.8 Å². The van der Waals surface area contributed by atoms with Gasteiger partial charge in [0.2, 0.25) is 0 Å². The Morgan fingerprint density at radius 3 is 1.36 bits per heavy atom. The number of aryl methyl sites for hydroxylation is 4. The van der Waals surface area contributed by atoms with Gasteiger partial charge in [0.25, 0.3) is 0 Å². The molecule has 0 radical (unpaired) electrons. The van der Waals surface area contributed by atoms with Gasteiger partial charge in [0, 0.05) is 6.42 Å². The van der Waals surface area contributed by atoms with E-state index in [-0.39, 0.29) is 51.0 Å². The van der Waals surface area contributed by atoms with Crippen LogP contribution >= 0.6 is 0 Å². The predicted octanol–water partition coefficient (Wildman–Crippen LogP) is 7.08. The first kappa shape index (κ1) is 38.9. The minimum absolute atomic E-state index is 0. The van der Waals surface area contributed by atoms with Crippen molar-refractivity contribution < 1.29 is 59.9 Å². The summed E-state index contributed by atoms with van der Waals surface area (Å²) in [6.45, 7) is 12.9. The van der Waals surface area contributed by atoms with Gasteiger partial charge in [-0.05, 0) is 81.1 Å². The van der Waals surface area contributed by atoms with Crippen molar-refractivity contribution in [1.29, 1.82) is 0 Å². The summed E-state index contributed by atoms with van der Waals surface area (Å²) in [6.07, 6.45) is 0.924. The van der Waals surface area contributed by atoms with E-state index in [1.165, 1.54) is 66.1 Å². The minimum Gasteiger partial charge on any atom is -1.00 e. The maximum Gasteiger partial charge on any atom is 4.00 e. The molecule has 5 heteroatoms. The standard InChI is InChI=1S/C23H21O.C22H19O.2ClH.Zr/c1-4-20-10-11-22(24-20)19-13-18-12-15(2)16(3)23(21(18)14-19)17-8-6-5-7-9-17;1-14-11-18-12-19(21-10-9-15(2)23-21)13-20(18)22(16(14)3)17-7-5-4-6-8-17;;;/h5-14H,4H2,1-3H3;4-13H,1-3H3;2*1H;/q2*-1;;;+4/p-2. The summed E-state index contributed by atoms with van der Waals surface area (Å²) in [7, 11) is 0. The molecular weight excluding hydrogens is 735 g/mol. The van der Waals surface area contributed by atoms with E-state index in [2.05, 4.69) is 144 Å². The summed E-state index contributed by atoms with van der Waals surface area (Å²) in [4.78, 5) is 0. The van der Waals surface area contributed by atoms with Crippen molar-refractivity contribution in [3.8, 4) is 44.9 Å².